The quantitative estimate of drug-likeness (QED) is 0.305. The molecule has 0 aliphatic carbocycles. The fourth-order valence-electron chi connectivity index (χ4n) is 3.39. The third kappa shape index (κ3) is 6.40. The number of hydrogen-bond donors (Lipinski definition) is 1. The molecule has 1 aliphatic rings. The van der Waals surface area contributed by atoms with Crippen LogP contribution in [-0.4, -0.2) is 81.4 Å². The standard InChI is InChI=1S/C21H26N4O7S/c1-31-20-8-7-18(15-19(20)25(27)28)33(29,30)24-12-10-23(11-13-24)16-21(26)22-9-14-32-17-5-3-2-4-6-17/h2-8,15H,9-14,16H2,1H3,(H,22,26). The number of rotatable bonds is 10. The van der Waals surface area contributed by atoms with Crippen LogP contribution in [-0.2, 0) is 14.8 Å². The van der Waals surface area contributed by atoms with Crippen LogP contribution in [0.25, 0.3) is 0 Å². The first-order valence-electron chi connectivity index (χ1n) is 10.3. The number of nitro groups is 1. The highest BCUT2D eigenvalue weighted by atomic mass is 32.2. The monoisotopic (exact) mass is 478 g/mol. The van der Waals surface area contributed by atoms with Crippen LogP contribution in [0.2, 0.25) is 0 Å². The van der Waals surface area contributed by atoms with E-state index in [9.17, 15) is 23.3 Å². The summed E-state index contributed by atoms with van der Waals surface area (Å²) in [4.78, 5) is 24.4. The van der Waals surface area contributed by atoms with E-state index in [1.807, 2.05) is 35.2 Å². The number of nitrogens with one attached hydrogen (secondary N) is 1. The van der Waals surface area contributed by atoms with Gasteiger partial charge in [-0.3, -0.25) is 19.8 Å². The van der Waals surface area contributed by atoms with E-state index in [1.165, 1.54) is 23.5 Å². The minimum absolute atomic E-state index is 0.0102. The Morgan fingerprint density at radius 3 is 2.45 bits per heavy atom. The molecule has 1 heterocycles. The predicted octanol–water partition coefficient (Wildman–Crippen LogP) is 1.10. The van der Waals surface area contributed by atoms with Crippen molar-refractivity contribution in [2.24, 2.45) is 0 Å². The van der Waals surface area contributed by atoms with E-state index in [2.05, 4.69) is 5.32 Å². The second-order valence-electron chi connectivity index (χ2n) is 7.28. The molecule has 33 heavy (non-hydrogen) atoms. The van der Waals surface area contributed by atoms with Crippen LogP contribution in [0.1, 0.15) is 0 Å². The van der Waals surface area contributed by atoms with Crippen LogP contribution in [0.4, 0.5) is 5.69 Å². The third-order valence-electron chi connectivity index (χ3n) is 5.12. The Balaban J connectivity index is 1.47. The summed E-state index contributed by atoms with van der Waals surface area (Å²) in [5, 5.41) is 14.0. The molecular formula is C21H26N4O7S. The molecule has 0 unspecified atom stereocenters. The number of hydrogen-bond acceptors (Lipinski definition) is 8. The number of amides is 1. The summed E-state index contributed by atoms with van der Waals surface area (Å²) in [6.45, 7) is 1.93. The van der Waals surface area contributed by atoms with Crippen molar-refractivity contribution < 1.29 is 27.6 Å². The zero-order valence-corrected chi connectivity index (χ0v) is 19.0. The van der Waals surface area contributed by atoms with Crippen LogP contribution in [0.3, 0.4) is 0 Å². The number of carbonyl (C=O) groups excluding carboxylic acids is 1. The van der Waals surface area contributed by atoms with Crippen molar-refractivity contribution >= 4 is 21.6 Å². The number of nitrogens with zero attached hydrogens (tertiary/aromatic N) is 3. The van der Waals surface area contributed by atoms with E-state index in [0.29, 0.717) is 26.2 Å². The molecule has 2 aromatic rings. The zero-order valence-electron chi connectivity index (χ0n) is 18.2. The number of nitro benzene ring substituents is 1. The molecule has 0 aromatic heterocycles. The van der Waals surface area contributed by atoms with Gasteiger partial charge in [0.2, 0.25) is 15.9 Å². The lowest BCUT2D eigenvalue weighted by molar-refractivity contribution is -0.386. The summed E-state index contributed by atoms with van der Waals surface area (Å²) < 4.78 is 37.6. The molecule has 0 saturated carbocycles. The molecule has 0 spiro atoms. The van der Waals surface area contributed by atoms with E-state index in [0.717, 1.165) is 11.8 Å². The average molecular weight is 479 g/mol. The van der Waals surface area contributed by atoms with Crippen molar-refractivity contribution in [2.75, 3.05) is 53.0 Å². The molecule has 2 aromatic carbocycles. The third-order valence-corrected chi connectivity index (χ3v) is 7.01. The number of piperazine rings is 1. The summed E-state index contributed by atoms with van der Waals surface area (Å²) in [7, 11) is -2.63. The summed E-state index contributed by atoms with van der Waals surface area (Å²) in [6, 6.07) is 12.9. The highest BCUT2D eigenvalue weighted by molar-refractivity contribution is 7.89. The van der Waals surface area contributed by atoms with Gasteiger partial charge in [-0.2, -0.15) is 4.31 Å². The molecule has 0 radical (unpaired) electrons. The van der Waals surface area contributed by atoms with Crippen LogP contribution < -0.4 is 14.8 Å². The Kier molecular flexibility index (Phi) is 8.20. The van der Waals surface area contributed by atoms with Crippen molar-refractivity contribution in [1.29, 1.82) is 0 Å². The predicted molar refractivity (Wildman–Crippen MR) is 120 cm³/mol. The van der Waals surface area contributed by atoms with Crippen LogP contribution in [0.15, 0.2) is 53.4 Å². The van der Waals surface area contributed by atoms with Gasteiger partial charge in [0.05, 0.1) is 30.0 Å². The maximum absolute atomic E-state index is 12.9. The van der Waals surface area contributed by atoms with Gasteiger partial charge in [-0.25, -0.2) is 8.42 Å². The SMILES string of the molecule is COc1ccc(S(=O)(=O)N2CCN(CC(=O)NCCOc3ccccc3)CC2)cc1[N+](=O)[O-]. The first kappa shape index (κ1) is 24.4. The molecule has 1 aliphatic heterocycles. The first-order chi connectivity index (χ1) is 15.8. The minimum Gasteiger partial charge on any atom is -0.492 e. The normalized spacial score (nSPS) is 15.1. The molecule has 12 heteroatoms. The number of benzene rings is 2. The molecule has 1 amide bonds. The van der Waals surface area contributed by atoms with Crippen LogP contribution >= 0.6 is 0 Å². The van der Waals surface area contributed by atoms with Gasteiger partial charge < -0.3 is 14.8 Å². The maximum Gasteiger partial charge on any atom is 0.312 e. The lowest BCUT2D eigenvalue weighted by atomic mass is 10.3. The minimum atomic E-state index is -3.91. The highest BCUT2D eigenvalue weighted by Crippen LogP contribution is 2.30. The Morgan fingerprint density at radius 1 is 1.12 bits per heavy atom. The lowest BCUT2D eigenvalue weighted by Gasteiger charge is -2.33. The van der Waals surface area contributed by atoms with Gasteiger partial charge in [0.1, 0.15) is 12.4 Å². The second kappa shape index (κ2) is 11.1. The van der Waals surface area contributed by atoms with Gasteiger partial charge in [0, 0.05) is 32.2 Å². The summed E-state index contributed by atoms with van der Waals surface area (Å²) >= 11 is 0. The number of ether oxygens (including phenoxy) is 2. The Morgan fingerprint density at radius 2 is 1.82 bits per heavy atom. The Hall–Kier alpha value is -3.22. The van der Waals surface area contributed by atoms with E-state index >= 15 is 0 Å². The highest BCUT2D eigenvalue weighted by Gasteiger charge is 2.31. The molecule has 0 atom stereocenters. The molecule has 1 saturated heterocycles. The maximum atomic E-state index is 12.9. The molecule has 0 bridgehead atoms. The number of sulfonamides is 1. The van der Waals surface area contributed by atoms with Crippen LogP contribution in [0, 0.1) is 10.1 Å². The summed E-state index contributed by atoms with van der Waals surface area (Å²) in [6.07, 6.45) is 0. The van der Waals surface area contributed by atoms with Crippen molar-refractivity contribution in [1.82, 2.24) is 14.5 Å². The molecule has 3 rings (SSSR count). The number of carbonyl (C=O) groups is 1. The second-order valence-corrected chi connectivity index (χ2v) is 9.22. The van der Waals surface area contributed by atoms with Crippen molar-refractivity contribution in [3.8, 4) is 11.5 Å². The van der Waals surface area contributed by atoms with Gasteiger partial charge in [-0.15, -0.1) is 0 Å². The van der Waals surface area contributed by atoms with Gasteiger partial charge in [0.15, 0.2) is 5.75 Å². The average Bonchev–Trinajstić information content (AvgIpc) is 2.82. The van der Waals surface area contributed by atoms with Gasteiger partial charge >= 0.3 is 5.69 Å². The van der Waals surface area contributed by atoms with Gasteiger partial charge in [-0.05, 0) is 24.3 Å². The van der Waals surface area contributed by atoms with Crippen molar-refractivity contribution in [3.63, 3.8) is 0 Å². The number of para-hydroxylation sites is 1. The zero-order chi connectivity index (χ0) is 23.8. The van der Waals surface area contributed by atoms with Gasteiger partial charge in [-0.1, -0.05) is 18.2 Å². The Bertz CT molecular complexity index is 1070. The topological polar surface area (TPSA) is 131 Å². The van der Waals surface area contributed by atoms with E-state index in [-0.39, 0.29) is 36.2 Å². The summed E-state index contributed by atoms with van der Waals surface area (Å²) in [5.41, 5.74) is -0.412. The Labute approximate surface area is 192 Å². The van der Waals surface area contributed by atoms with E-state index in [1.54, 1.807) is 0 Å². The van der Waals surface area contributed by atoms with E-state index < -0.39 is 20.6 Å². The largest absolute Gasteiger partial charge is 0.492 e. The summed E-state index contributed by atoms with van der Waals surface area (Å²) in [5.74, 6) is 0.545. The fourth-order valence-corrected chi connectivity index (χ4v) is 4.83. The smallest absolute Gasteiger partial charge is 0.312 e. The lowest BCUT2D eigenvalue weighted by Crippen LogP contribution is -2.51. The molecular weight excluding hydrogens is 452 g/mol. The van der Waals surface area contributed by atoms with Crippen molar-refractivity contribution in [2.45, 2.75) is 4.90 Å². The van der Waals surface area contributed by atoms with Gasteiger partial charge in [0.25, 0.3) is 0 Å². The number of methoxy groups -OCH3 is 1. The fraction of sp³-hybridized carbons (Fsp3) is 0.381. The molecule has 1 N–H and O–H groups in total. The molecule has 1 fully saturated rings. The van der Waals surface area contributed by atoms with E-state index in [4.69, 9.17) is 9.47 Å². The van der Waals surface area contributed by atoms with Crippen LogP contribution in [0.5, 0.6) is 11.5 Å². The van der Waals surface area contributed by atoms with Crippen molar-refractivity contribution in [3.05, 3.63) is 58.6 Å². The first-order valence-corrected chi connectivity index (χ1v) is 11.7. The molecule has 178 valence electrons. The molecule has 11 nitrogen and oxygen atoms in total.